The Morgan fingerprint density at radius 1 is 0.964 bits per heavy atom. The van der Waals surface area contributed by atoms with E-state index in [1.54, 1.807) is 0 Å². The van der Waals surface area contributed by atoms with E-state index in [2.05, 4.69) is 18.7 Å². The molecule has 0 spiro atoms. The largest absolute Gasteiger partial charge is 0.372 e. The first kappa shape index (κ1) is 20.6. The minimum Gasteiger partial charge on any atom is -0.372 e. The summed E-state index contributed by atoms with van der Waals surface area (Å²) in [4.78, 5) is 17.8. The minimum absolute atomic E-state index is 0.216. The number of hydrogen-bond acceptors (Lipinski definition) is 3. The number of amides is 1. The molecule has 0 aliphatic carbocycles. The van der Waals surface area contributed by atoms with Crippen LogP contribution in [0.15, 0.2) is 60.7 Å². The second-order valence-electron chi connectivity index (χ2n) is 7.66. The minimum atomic E-state index is -1.64. The van der Waals surface area contributed by atoms with E-state index in [0.29, 0.717) is 30.1 Å². The highest BCUT2D eigenvalue weighted by Gasteiger charge is 2.43. The second-order valence-corrected chi connectivity index (χ2v) is 7.66. The number of carbonyl (C=O) groups excluding carboxylic acids is 1. The van der Waals surface area contributed by atoms with Gasteiger partial charge in [-0.25, -0.2) is 0 Å². The topological polar surface area (TPSA) is 43.8 Å². The zero-order valence-corrected chi connectivity index (χ0v) is 17.1. The van der Waals surface area contributed by atoms with Crippen LogP contribution in [0.3, 0.4) is 0 Å². The van der Waals surface area contributed by atoms with Crippen LogP contribution in [0, 0.1) is 5.92 Å². The van der Waals surface area contributed by atoms with Gasteiger partial charge < -0.3 is 14.9 Å². The zero-order chi connectivity index (χ0) is 20.0. The quantitative estimate of drug-likeness (QED) is 0.799. The Morgan fingerprint density at radius 2 is 1.43 bits per heavy atom. The molecule has 1 aliphatic heterocycles. The van der Waals surface area contributed by atoms with Crippen molar-refractivity contribution in [3.63, 3.8) is 0 Å². The van der Waals surface area contributed by atoms with Gasteiger partial charge >= 0.3 is 0 Å². The lowest BCUT2D eigenvalue weighted by atomic mass is 9.84. The SMILES string of the molecule is CCN(CC)CC1CCN(C(=O)C(O)(c2ccccc2)c2ccccc2)CC1. The van der Waals surface area contributed by atoms with Gasteiger partial charge in [-0.3, -0.25) is 4.79 Å². The van der Waals surface area contributed by atoms with Crippen LogP contribution in [0.25, 0.3) is 0 Å². The van der Waals surface area contributed by atoms with Gasteiger partial charge in [0.25, 0.3) is 5.91 Å². The van der Waals surface area contributed by atoms with Crippen molar-refractivity contribution in [3.8, 4) is 0 Å². The van der Waals surface area contributed by atoms with Crippen LogP contribution >= 0.6 is 0 Å². The highest BCUT2D eigenvalue weighted by molar-refractivity contribution is 5.90. The van der Waals surface area contributed by atoms with Gasteiger partial charge in [-0.1, -0.05) is 74.5 Å². The number of rotatable bonds is 7. The van der Waals surface area contributed by atoms with Gasteiger partial charge in [0.2, 0.25) is 0 Å². The number of benzene rings is 2. The number of piperidine rings is 1. The summed E-state index contributed by atoms with van der Waals surface area (Å²) in [7, 11) is 0. The van der Waals surface area contributed by atoms with Gasteiger partial charge in [0.15, 0.2) is 5.60 Å². The first-order valence-electron chi connectivity index (χ1n) is 10.4. The summed E-state index contributed by atoms with van der Waals surface area (Å²) >= 11 is 0. The number of likely N-dealkylation sites (tertiary alicyclic amines) is 1. The fourth-order valence-corrected chi connectivity index (χ4v) is 4.17. The van der Waals surface area contributed by atoms with E-state index in [1.807, 2.05) is 65.6 Å². The van der Waals surface area contributed by atoms with Crippen LogP contribution < -0.4 is 0 Å². The molecule has 150 valence electrons. The molecule has 0 bridgehead atoms. The lowest BCUT2D eigenvalue weighted by Crippen LogP contribution is -2.51. The van der Waals surface area contributed by atoms with E-state index in [-0.39, 0.29) is 5.91 Å². The van der Waals surface area contributed by atoms with Crippen LogP contribution in [0.1, 0.15) is 37.8 Å². The van der Waals surface area contributed by atoms with Crippen LogP contribution in [0.4, 0.5) is 0 Å². The average molecular weight is 381 g/mol. The van der Waals surface area contributed by atoms with Gasteiger partial charge in [0.05, 0.1) is 0 Å². The molecular formula is C24H32N2O2. The molecule has 1 fully saturated rings. The maximum absolute atomic E-state index is 13.5. The number of aliphatic hydroxyl groups is 1. The Balaban J connectivity index is 1.78. The molecule has 0 atom stereocenters. The van der Waals surface area contributed by atoms with Crippen molar-refractivity contribution in [3.05, 3.63) is 71.8 Å². The molecule has 4 heteroatoms. The van der Waals surface area contributed by atoms with Crippen molar-refractivity contribution in [1.82, 2.24) is 9.80 Å². The molecule has 2 aromatic carbocycles. The third-order valence-electron chi connectivity index (χ3n) is 6.01. The normalized spacial score (nSPS) is 15.8. The zero-order valence-electron chi connectivity index (χ0n) is 17.1. The smallest absolute Gasteiger partial charge is 0.263 e. The summed E-state index contributed by atoms with van der Waals surface area (Å²) in [6.07, 6.45) is 1.98. The van der Waals surface area contributed by atoms with Gasteiger partial charge in [-0.15, -0.1) is 0 Å². The van der Waals surface area contributed by atoms with Crippen molar-refractivity contribution >= 4 is 5.91 Å². The van der Waals surface area contributed by atoms with Crippen molar-refractivity contribution < 1.29 is 9.90 Å². The predicted molar refractivity (Wildman–Crippen MR) is 113 cm³/mol. The molecule has 1 saturated heterocycles. The van der Waals surface area contributed by atoms with Crippen molar-refractivity contribution in [2.75, 3.05) is 32.7 Å². The Labute approximate surface area is 168 Å². The summed E-state index contributed by atoms with van der Waals surface area (Å²) in [5.74, 6) is 0.400. The molecule has 1 heterocycles. The number of nitrogens with zero attached hydrogens (tertiary/aromatic N) is 2. The maximum Gasteiger partial charge on any atom is 0.263 e. The molecule has 1 amide bonds. The number of hydrogen-bond donors (Lipinski definition) is 1. The Bertz CT molecular complexity index is 696. The Morgan fingerprint density at radius 3 is 1.86 bits per heavy atom. The van der Waals surface area contributed by atoms with E-state index < -0.39 is 5.60 Å². The van der Waals surface area contributed by atoms with Crippen molar-refractivity contribution in [1.29, 1.82) is 0 Å². The molecule has 0 radical (unpaired) electrons. The maximum atomic E-state index is 13.5. The number of carbonyl (C=O) groups is 1. The van der Waals surface area contributed by atoms with Crippen LogP contribution in [-0.4, -0.2) is 53.5 Å². The molecule has 3 rings (SSSR count). The molecule has 4 nitrogen and oxygen atoms in total. The third-order valence-corrected chi connectivity index (χ3v) is 6.01. The van der Waals surface area contributed by atoms with Gasteiger partial charge in [-0.05, 0) is 43.0 Å². The van der Waals surface area contributed by atoms with Gasteiger partial charge in [0, 0.05) is 19.6 Å². The van der Waals surface area contributed by atoms with Crippen molar-refractivity contribution in [2.24, 2.45) is 5.92 Å². The summed E-state index contributed by atoms with van der Waals surface area (Å²) < 4.78 is 0. The van der Waals surface area contributed by atoms with Crippen LogP contribution in [-0.2, 0) is 10.4 Å². The Kier molecular flexibility index (Phi) is 6.87. The lowest BCUT2D eigenvalue weighted by molar-refractivity contribution is -0.149. The van der Waals surface area contributed by atoms with Crippen LogP contribution in [0.5, 0.6) is 0 Å². The fourth-order valence-electron chi connectivity index (χ4n) is 4.17. The van der Waals surface area contributed by atoms with E-state index in [1.165, 1.54) is 0 Å². The summed E-state index contributed by atoms with van der Waals surface area (Å²) in [5.41, 5.74) is -0.401. The summed E-state index contributed by atoms with van der Waals surface area (Å²) in [6.45, 7) is 9.02. The molecule has 0 unspecified atom stereocenters. The molecule has 2 aromatic rings. The predicted octanol–water partition coefficient (Wildman–Crippen LogP) is 3.50. The van der Waals surface area contributed by atoms with Crippen molar-refractivity contribution in [2.45, 2.75) is 32.3 Å². The van der Waals surface area contributed by atoms with Gasteiger partial charge in [-0.2, -0.15) is 0 Å². The first-order chi connectivity index (χ1) is 13.6. The second kappa shape index (κ2) is 9.35. The summed E-state index contributed by atoms with van der Waals surface area (Å²) in [6, 6.07) is 18.6. The first-order valence-corrected chi connectivity index (χ1v) is 10.4. The fraction of sp³-hybridized carbons (Fsp3) is 0.458. The molecule has 1 N–H and O–H groups in total. The molecule has 1 aliphatic rings. The Hall–Kier alpha value is -2.17. The van der Waals surface area contributed by atoms with E-state index in [9.17, 15) is 9.90 Å². The standard InChI is InChI=1S/C24H32N2O2/c1-3-25(4-2)19-20-15-17-26(18-16-20)23(27)24(28,21-11-7-5-8-12-21)22-13-9-6-10-14-22/h5-14,20,28H,3-4,15-19H2,1-2H3. The van der Waals surface area contributed by atoms with E-state index >= 15 is 0 Å². The van der Waals surface area contributed by atoms with Crippen LogP contribution in [0.2, 0.25) is 0 Å². The summed E-state index contributed by atoms with van der Waals surface area (Å²) in [5, 5.41) is 11.7. The lowest BCUT2D eigenvalue weighted by Gasteiger charge is -2.39. The van der Waals surface area contributed by atoms with E-state index in [4.69, 9.17) is 0 Å². The third kappa shape index (κ3) is 4.29. The average Bonchev–Trinajstić information content (AvgIpc) is 2.78. The van der Waals surface area contributed by atoms with Gasteiger partial charge in [0.1, 0.15) is 0 Å². The molecule has 0 saturated carbocycles. The van der Waals surface area contributed by atoms with E-state index in [0.717, 1.165) is 32.5 Å². The molecule has 28 heavy (non-hydrogen) atoms. The monoisotopic (exact) mass is 380 g/mol. The highest BCUT2D eigenvalue weighted by atomic mass is 16.3. The molecule has 0 aromatic heterocycles. The highest BCUT2D eigenvalue weighted by Crippen LogP contribution is 2.33. The molecular weight excluding hydrogens is 348 g/mol.